The van der Waals surface area contributed by atoms with E-state index in [-0.39, 0.29) is 11.9 Å². The zero-order chi connectivity index (χ0) is 14.5. The van der Waals surface area contributed by atoms with Crippen LogP contribution < -0.4 is 11.3 Å². The zero-order valence-corrected chi connectivity index (χ0v) is 13.2. The van der Waals surface area contributed by atoms with Crippen LogP contribution in [0.15, 0.2) is 12.1 Å². The van der Waals surface area contributed by atoms with Gasteiger partial charge in [0.05, 0.1) is 6.04 Å². The van der Waals surface area contributed by atoms with Crippen LogP contribution in [-0.2, 0) is 0 Å². The van der Waals surface area contributed by atoms with Crippen molar-refractivity contribution >= 4 is 11.8 Å². The van der Waals surface area contributed by atoms with E-state index in [0.717, 1.165) is 22.4 Å². The van der Waals surface area contributed by atoms with Crippen molar-refractivity contribution in [3.05, 3.63) is 34.6 Å². The van der Waals surface area contributed by atoms with E-state index in [9.17, 15) is 4.39 Å². The largest absolute Gasteiger partial charge is 0.271 e. The van der Waals surface area contributed by atoms with Crippen molar-refractivity contribution in [2.75, 3.05) is 5.75 Å². The Hall–Kier alpha value is -0.580. The molecule has 1 aliphatic carbocycles. The first kappa shape index (κ1) is 15.8. The van der Waals surface area contributed by atoms with Gasteiger partial charge in [0.25, 0.3) is 0 Å². The Morgan fingerprint density at radius 1 is 1.30 bits per heavy atom. The van der Waals surface area contributed by atoms with Crippen molar-refractivity contribution in [3.8, 4) is 0 Å². The Balaban J connectivity index is 2.04. The third-order valence-corrected chi connectivity index (χ3v) is 5.55. The Morgan fingerprint density at radius 3 is 2.60 bits per heavy atom. The Bertz CT molecular complexity index is 421. The van der Waals surface area contributed by atoms with Crippen LogP contribution in [0.5, 0.6) is 0 Å². The molecule has 1 unspecified atom stereocenters. The number of thioether (sulfide) groups is 1. The van der Waals surface area contributed by atoms with E-state index >= 15 is 0 Å². The van der Waals surface area contributed by atoms with Gasteiger partial charge in [0, 0.05) is 16.6 Å². The second-order valence-corrected chi connectivity index (χ2v) is 7.12. The van der Waals surface area contributed by atoms with Gasteiger partial charge in [0.15, 0.2) is 0 Å². The summed E-state index contributed by atoms with van der Waals surface area (Å²) < 4.78 is 14.2. The molecule has 1 aromatic carbocycles. The molecule has 1 aliphatic rings. The van der Waals surface area contributed by atoms with Gasteiger partial charge >= 0.3 is 0 Å². The number of halogens is 1. The zero-order valence-electron chi connectivity index (χ0n) is 12.4. The highest BCUT2D eigenvalue weighted by Crippen LogP contribution is 2.32. The van der Waals surface area contributed by atoms with Crippen LogP contribution in [0, 0.1) is 19.7 Å². The quantitative estimate of drug-likeness (QED) is 0.637. The maximum Gasteiger partial charge on any atom is 0.128 e. The number of rotatable bonds is 5. The van der Waals surface area contributed by atoms with Gasteiger partial charge in [-0.1, -0.05) is 25.3 Å². The van der Waals surface area contributed by atoms with Crippen LogP contribution in [0.1, 0.15) is 54.8 Å². The predicted molar refractivity (Wildman–Crippen MR) is 85.3 cm³/mol. The van der Waals surface area contributed by atoms with Crippen molar-refractivity contribution in [1.29, 1.82) is 0 Å². The molecular formula is C16H25FN2S. The lowest BCUT2D eigenvalue weighted by Crippen LogP contribution is -2.31. The van der Waals surface area contributed by atoms with E-state index in [1.54, 1.807) is 6.07 Å². The summed E-state index contributed by atoms with van der Waals surface area (Å²) in [6, 6.07) is 3.51. The molecule has 0 amide bonds. The van der Waals surface area contributed by atoms with Crippen molar-refractivity contribution in [1.82, 2.24) is 5.43 Å². The molecule has 3 N–H and O–H groups in total. The van der Waals surface area contributed by atoms with E-state index in [2.05, 4.69) is 5.43 Å². The van der Waals surface area contributed by atoms with Gasteiger partial charge in [0.1, 0.15) is 5.82 Å². The van der Waals surface area contributed by atoms with E-state index in [4.69, 9.17) is 5.84 Å². The SMILES string of the molecule is Cc1cc(C)c(C(CSC2CCCCC2)NN)c(F)c1. The number of aryl methyl sites for hydroxylation is 2. The van der Waals surface area contributed by atoms with Crippen molar-refractivity contribution in [2.24, 2.45) is 5.84 Å². The van der Waals surface area contributed by atoms with Crippen LogP contribution in [0.3, 0.4) is 0 Å². The minimum absolute atomic E-state index is 0.109. The van der Waals surface area contributed by atoms with Gasteiger partial charge in [0.2, 0.25) is 0 Å². The summed E-state index contributed by atoms with van der Waals surface area (Å²) in [4.78, 5) is 0. The maximum atomic E-state index is 14.2. The summed E-state index contributed by atoms with van der Waals surface area (Å²) in [7, 11) is 0. The normalized spacial score (nSPS) is 18.2. The lowest BCUT2D eigenvalue weighted by atomic mass is 9.99. The van der Waals surface area contributed by atoms with Crippen LogP contribution in [0.4, 0.5) is 4.39 Å². The Labute approximate surface area is 125 Å². The number of hydrogen-bond acceptors (Lipinski definition) is 3. The molecule has 20 heavy (non-hydrogen) atoms. The highest BCUT2D eigenvalue weighted by molar-refractivity contribution is 7.99. The van der Waals surface area contributed by atoms with Gasteiger partial charge in [-0.15, -0.1) is 0 Å². The third-order valence-electron chi connectivity index (χ3n) is 4.08. The van der Waals surface area contributed by atoms with Gasteiger partial charge < -0.3 is 0 Å². The second kappa shape index (κ2) is 7.43. The van der Waals surface area contributed by atoms with E-state index < -0.39 is 0 Å². The van der Waals surface area contributed by atoms with E-state index in [1.807, 2.05) is 31.7 Å². The first-order valence-electron chi connectivity index (χ1n) is 7.46. The van der Waals surface area contributed by atoms with Crippen molar-refractivity contribution in [2.45, 2.75) is 57.2 Å². The molecule has 1 saturated carbocycles. The molecule has 0 spiro atoms. The summed E-state index contributed by atoms with van der Waals surface area (Å²) in [6.45, 7) is 3.88. The van der Waals surface area contributed by atoms with E-state index in [0.29, 0.717) is 5.25 Å². The fraction of sp³-hybridized carbons (Fsp3) is 0.625. The molecule has 0 heterocycles. The average Bonchev–Trinajstić information content (AvgIpc) is 2.42. The fourth-order valence-corrected chi connectivity index (χ4v) is 4.44. The lowest BCUT2D eigenvalue weighted by Gasteiger charge is -2.25. The minimum atomic E-state index is -0.144. The number of hydrazine groups is 1. The van der Waals surface area contributed by atoms with Gasteiger partial charge in [-0.05, 0) is 43.9 Å². The highest BCUT2D eigenvalue weighted by Gasteiger charge is 2.20. The molecule has 0 aromatic heterocycles. The van der Waals surface area contributed by atoms with Crippen LogP contribution in [0.25, 0.3) is 0 Å². The fourth-order valence-electron chi connectivity index (χ4n) is 3.05. The van der Waals surface area contributed by atoms with Gasteiger partial charge in [-0.2, -0.15) is 11.8 Å². The molecule has 2 rings (SSSR count). The topological polar surface area (TPSA) is 38.0 Å². The summed E-state index contributed by atoms with van der Waals surface area (Å²) in [6.07, 6.45) is 6.60. The average molecular weight is 296 g/mol. The standard InChI is InChI=1S/C16H25FN2S/c1-11-8-12(2)16(14(17)9-11)15(19-18)10-20-13-6-4-3-5-7-13/h8-9,13,15,19H,3-7,10,18H2,1-2H3. The van der Waals surface area contributed by atoms with Crippen molar-refractivity contribution < 1.29 is 4.39 Å². The number of nitrogens with one attached hydrogen (secondary N) is 1. The van der Waals surface area contributed by atoms with E-state index in [1.165, 1.54) is 32.1 Å². The molecular weight excluding hydrogens is 271 g/mol. The number of hydrogen-bond donors (Lipinski definition) is 2. The summed E-state index contributed by atoms with van der Waals surface area (Å²) >= 11 is 1.94. The highest BCUT2D eigenvalue weighted by atomic mass is 32.2. The molecule has 1 fully saturated rings. The Morgan fingerprint density at radius 2 is 2.00 bits per heavy atom. The summed E-state index contributed by atoms with van der Waals surface area (Å²) in [5.41, 5.74) is 5.46. The molecule has 4 heteroatoms. The van der Waals surface area contributed by atoms with Crippen molar-refractivity contribution in [3.63, 3.8) is 0 Å². The molecule has 1 atom stereocenters. The number of nitrogens with two attached hydrogens (primary N) is 1. The summed E-state index contributed by atoms with van der Waals surface area (Å²) in [5.74, 6) is 6.36. The third kappa shape index (κ3) is 3.96. The maximum absolute atomic E-state index is 14.2. The molecule has 112 valence electrons. The first-order chi connectivity index (χ1) is 9.61. The monoisotopic (exact) mass is 296 g/mol. The van der Waals surface area contributed by atoms with Gasteiger partial charge in [-0.25, -0.2) is 4.39 Å². The molecule has 2 nitrogen and oxygen atoms in total. The van der Waals surface area contributed by atoms with Crippen LogP contribution in [0.2, 0.25) is 0 Å². The molecule has 0 bridgehead atoms. The number of benzene rings is 1. The molecule has 1 aromatic rings. The first-order valence-corrected chi connectivity index (χ1v) is 8.51. The lowest BCUT2D eigenvalue weighted by molar-refractivity contribution is 0.511. The second-order valence-electron chi connectivity index (χ2n) is 5.79. The van der Waals surface area contributed by atoms with Crippen LogP contribution >= 0.6 is 11.8 Å². The summed E-state index contributed by atoms with van der Waals surface area (Å²) in [5, 5.41) is 0.716. The molecule has 0 saturated heterocycles. The molecule has 0 radical (unpaired) electrons. The molecule has 0 aliphatic heterocycles. The van der Waals surface area contributed by atoms with Crippen LogP contribution in [-0.4, -0.2) is 11.0 Å². The van der Waals surface area contributed by atoms with Gasteiger partial charge in [-0.3, -0.25) is 11.3 Å². The Kier molecular flexibility index (Phi) is 5.87. The minimum Gasteiger partial charge on any atom is -0.271 e. The smallest absolute Gasteiger partial charge is 0.128 e. The predicted octanol–water partition coefficient (Wildman–Crippen LogP) is 4.01.